The molecule has 1 aromatic heterocycles. The van der Waals surface area contributed by atoms with E-state index in [0.717, 1.165) is 57.7 Å². The molecular formula is C19H28N4O3. The summed E-state index contributed by atoms with van der Waals surface area (Å²) in [7, 11) is 1.69. The van der Waals surface area contributed by atoms with Crippen LogP contribution in [0.5, 0.6) is 0 Å². The molecule has 2 saturated heterocycles. The number of rotatable bonds is 6. The lowest BCUT2D eigenvalue weighted by atomic mass is 9.73. The number of carbonyl (C=O) groups is 2. The minimum atomic E-state index is -0.437. The number of hydrogen-bond donors (Lipinski definition) is 1. The van der Waals surface area contributed by atoms with Crippen molar-refractivity contribution in [3.05, 3.63) is 23.9 Å². The van der Waals surface area contributed by atoms with E-state index in [9.17, 15) is 9.59 Å². The molecule has 0 saturated carbocycles. The maximum Gasteiger partial charge on any atom is 0.248 e. The van der Waals surface area contributed by atoms with Crippen LogP contribution in [0, 0.1) is 5.41 Å². The molecule has 1 spiro atoms. The first-order chi connectivity index (χ1) is 12.5. The average Bonchev–Trinajstić information content (AvgIpc) is 2.65. The van der Waals surface area contributed by atoms with Crippen molar-refractivity contribution >= 4 is 17.6 Å². The zero-order chi connectivity index (χ0) is 18.6. The summed E-state index contributed by atoms with van der Waals surface area (Å²) in [6.45, 7) is 3.99. The van der Waals surface area contributed by atoms with Crippen molar-refractivity contribution < 1.29 is 14.3 Å². The van der Waals surface area contributed by atoms with Crippen molar-refractivity contribution in [3.8, 4) is 0 Å². The second kappa shape index (κ2) is 8.03. The molecule has 0 aliphatic carbocycles. The highest BCUT2D eigenvalue weighted by Crippen LogP contribution is 2.40. The van der Waals surface area contributed by atoms with E-state index in [4.69, 9.17) is 10.5 Å². The first kappa shape index (κ1) is 18.6. The van der Waals surface area contributed by atoms with Gasteiger partial charge in [-0.15, -0.1) is 0 Å². The van der Waals surface area contributed by atoms with E-state index in [1.807, 2.05) is 4.90 Å². The van der Waals surface area contributed by atoms with Gasteiger partial charge in [0.2, 0.25) is 11.8 Å². The van der Waals surface area contributed by atoms with Crippen molar-refractivity contribution in [3.63, 3.8) is 0 Å². The molecule has 2 fully saturated rings. The summed E-state index contributed by atoms with van der Waals surface area (Å²) in [4.78, 5) is 32.4. The summed E-state index contributed by atoms with van der Waals surface area (Å²) in [6.07, 6.45) is 6.20. The molecule has 2 aliphatic rings. The first-order valence-corrected chi connectivity index (χ1v) is 9.30. The van der Waals surface area contributed by atoms with E-state index in [0.29, 0.717) is 18.6 Å². The van der Waals surface area contributed by atoms with E-state index in [1.165, 1.54) is 0 Å². The highest BCUT2D eigenvalue weighted by Gasteiger charge is 2.41. The van der Waals surface area contributed by atoms with Gasteiger partial charge in [-0.05, 0) is 37.8 Å². The summed E-state index contributed by atoms with van der Waals surface area (Å²) in [5.74, 6) is 0.605. The van der Waals surface area contributed by atoms with Crippen molar-refractivity contribution in [2.75, 3.05) is 44.8 Å². The van der Waals surface area contributed by atoms with Crippen LogP contribution in [0.2, 0.25) is 0 Å². The molecule has 3 rings (SSSR count). The molecule has 2 amide bonds. The predicted molar refractivity (Wildman–Crippen MR) is 98.9 cm³/mol. The van der Waals surface area contributed by atoms with Crippen molar-refractivity contribution in [1.82, 2.24) is 9.88 Å². The number of aromatic nitrogens is 1. The van der Waals surface area contributed by atoms with Crippen LogP contribution in [0.1, 0.15) is 42.5 Å². The van der Waals surface area contributed by atoms with E-state index in [2.05, 4.69) is 9.88 Å². The summed E-state index contributed by atoms with van der Waals surface area (Å²) in [5, 5.41) is 0. The standard InChI is InChI=1S/C19H28N4O3/c1-26-11-3-10-23-14-19(7-4-17(23)24)6-2-9-22(13-19)16-12-15(18(20)25)5-8-21-16/h5,8,12H,2-4,6-7,9-11,13-14H2,1H3,(H2,20,25). The Morgan fingerprint density at radius 3 is 3.00 bits per heavy atom. The highest BCUT2D eigenvalue weighted by atomic mass is 16.5. The maximum absolute atomic E-state index is 12.3. The van der Waals surface area contributed by atoms with Gasteiger partial charge in [0, 0.05) is 63.5 Å². The number of nitrogens with two attached hydrogens (primary N) is 1. The molecule has 0 aromatic carbocycles. The monoisotopic (exact) mass is 360 g/mol. The Hall–Kier alpha value is -2.15. The normalized spacial score (nSPS) is 23.5. The van der Waals surface area contributed by atoms with Crippen molar-refractivity contribution in [2.45, 2.75) is 32.1 Å². The maximum atomic E-state index is 12.3. The lowest BCUT2D eigenvalue weighted by Crippen LogP contribution is -2.54. The van der Waals surface area contributed by atoms with Gasteiger partial charge in [-0.25, -0.2) is 4.98 Å². The average molecular weight is 360 g/mol. The third-order valence-corrected chi connectivity index (χ3v) is 5.54. The van der Waals surface area contributed by atoms with Crippen LogP contribution in [-0.2, 0) is 9.53 Å². The Morgan fingerprint density at radius 2 is 2.23 bits per heavy atom. The summed E-state index contributed by atoms with van der Waals surface area (Å²) >= 11 is 0. The van der Waals surface area contributed by atoms with Crippen LogP contribution >= 0.6 is 0 Å². The highest BCUT2D eigenvalue weighted by molar-refractivity contribution is 5.93. The third-order valence-electron chi connectivity index (χ3n) is 5.54. The van der Waals surface area contributed by atoms with Gasteiger partial charge in [0.05, 0.1) is 0 Å². The Morgan fingerprint density at radius 1 is 1.38 bits per heavy atom. The molecule has 2 N–H and O–H groups in total. The van der Waals surface area contributed by atoms with Crippen molar-refractivity contribution in [2.24, 2.45) is 11.1 Å². The van der Waals surface area contributed by atoms with Crippen LogP contribution in [0.25, 0.3) is 0 Å². The van der Waals surface area contributed by atoms with Gasteiger partial charge in [-0.2, -0.15) is 0 Å². The number of primary amides is 1. The molecule has 26 heavy (non-hydrogen) atoms. The number of anilines is 1. The van der Waals surface area contributed by atoms with E-state index in [-0.39, 0.29) is 11.3 Å². The Kier molecular flexibility index (Phi) is 5.76. The minimum Gasteiger partial charge on any atom is -0.385 e. The molecule has 1 unspecified atom stereocenters. The zero-order valence-electron chi connectivity index (χ0n) is 15.4. The fraction of sp³-hybridized carbons (Fsp3) is 0.632. The number of hydrogen-bond acceptors (Lipinski definition) is 5. The number of methoxy groups -OCH3 is 1. The number of nitrogens with zero attached hydrogens (tertiary/aromatic N) is 3. The number of pyridine rings is 1. The summed E-state index contributed by atoms with van der Waals surface area (Å²) in [5.41, 5.74) is 5.98. The van der Waals surface area contributed by atoms with Crippen LogP contribution in [0.4, 0.5) is 5.82 Å². The van der Waals surface area contributed by atoms with Gasteiger partial charge >= 0.3 is 0 Å². The molecule has 1 aromatic rings. The van der Waals surface area contributed by atoms with Gasteiger partial charge in [-0.3, -0.25) is 9.59 Å². The smallest absolute Gasteiger partial charge is 0.248 e. The summed E-state index contributed by atoms with van der Waals surface area (Å²) < 4.78 is 5.12. The van der Waals surface area contributed by atoms with E-state index >= 15 is 0 Å². The largest absolute Gasteiger partial charge is 0.385 e. The van der Waals surface area contributed by atoms with Crippen LogP contribution in [0.15, 0.2) is 18.3 Å². The number of ether oxygens (including phenoxy) is 1. The van der Waals surface area contributed by atoms with Crippen LogP contribution < -0.4 is 10.6 Å². The lowest BCUT2D eigenvalue weighted by Gasteiger charge is -2.48. The molecular weight excluding hydrogens is 332 g/mol. The first-order valence-electron chi connectivity index (χ1n) is 9.30. The molecule has 0 bridgehead atoms. The quantitative estimate of drug-likeness (QED) is 0.775. The Balaban J connectivity index is 1.71. The molecule has 2 aliphatic heterocycles. The lowest BCUT2D eigenvalue weighted by molar-refractivity contribution is -0.138. The molecule has 142 valence electrons. The zero-order valence-corrected chi connectivity index (χ0v) is 15.4. The van der Waals surface area contributed by atoms with Gasteiger partial charge in [0.25, 0.3) is 0 Å². The van der Waals surface area contributed by atoms with Gasteiger partial charge < -0.3 is 20.3 Å². The van der Waals surface area contributed by atoms with Crippen LogP contribution in [0.3, 0.4) is 0 Å². The third kappa shape index (κ3) is 4.15. The summed E-state index contributed by atoms with van der Waals surface area (Å²) in [6, 6.07) is 3.41. The number of amides is 2. The second-order valence-electron chi connectivity index (χ2n) is 7.45. The van der Waals surface area contributed by atoms with Gasteiger partial charge in [-0.1, -0.05) is 0 Å². The molecule has 7 nitrogen and oxygen atoms in total. The van der Waals surface area contributed by atoms with Crippen LogP contribution in [-0.4, -0.2) is 61.6 Å². The van der Waals surface area contributed by atoms with Gasteiger partial charge in [0.1, 0.15) is 5.82 Å². The molecule has 1 atom stereocenters. The minimum absolute atomic E-state index is 0.101. The number of likely N-dealkylation sites (tertiary alicyclic amines) is 1. The number of carbonyl (C=O) groups excluding carboxylic acids is 2. The Labute approximate surface area is 154 Å². The number of piperidine rings is 2. The van der Waals surface area contributed by atoms with E-state index < -0.39 is 5.91 Å². The predicted octanol–water partition coefficient (Wildman–Crippen LogP) is 1.43. The Bertz CT molecular complexity index is 666. The van der Waals surface area contributed by atoms with Crippen molar-refractivity contribution in [1.29, 1.82) is 0 Å². The molecule has 3 heterocycles. The fourth-order valence-electron chi connectivity index (χ4n) is 4.19. The topological polar surface area (TPSA) is 88.8 Å². The SMILES string of the molecule is COCCCN1CC2(CCCN(c3cc(C(N)=O)ccn3)C2)CCC1=O. The fourth-order valence-corrected chi connectivity index (χ4v) is 4.19. The van der Waals surface area contributed by atoms with E-state index in [1.54, 1.807) is 25.4 Å². The second-order valence-corrected chi connectivity index (χ2v) is 7.45. The molecule has 7 heteroatoms. The molecule has 0 radical (unpaired) electrons. The van der Waals surface area contributed by atoms with Gasteiger partial charge in [0.15, 0.2) is 0 Å².